The lowest BCUT2D eigenvalue weighted by Crippen LogP contribution is -2.25. The second-order valence-corrected chi connectivity index (χ2v) is 5.34. The second-order valence-electron chi connectivity index (χ2n) is 5.34. The summed E-state index contributed by atoms with van der Waals surface area (Å²) >= 11 is 0. The zero-order valence-electron chi connectivity index (χ0n) is 13.7. The molecule has 0 aliphatic rings. The topological polar surface area (TPSA) is 60.7 Å². The lowest BCUT2D eigenvalue weighted by molar-refractivity contribution is 0.0928. The van der Waals surface area contributed by atoms with Gasteiger partial charge in [-0.25, -0.2) is 0 Å². The van der Waals surface area contributed by atoms with Crippen LogP contribution < -0.4 is 14.8 Å². The summed E-state index contributed by atoms with van der Waals surface area (Å²) in [7, 11) is 3.20. The monoisotopic (exact) mass is 325 g/mol. The van der Waals surface area contributed by atoms with E-state index < -0.39 is 0 Å². The van der Waals surface area contributed by atoms with Gasteiger partial charge in [-0.1, -0.05) is 24.3 Å². The predicted molar refractivity (Wildman–Crippen MR) is 91.8 cm³/mol. The summed E-state index contributed by atoms with van der Waals surface area (Å²) < 4.78 is 16.0. The van der Waals surface area contributed by atoms with Crippen molar-refractivity contribution in [3.63, 3.8) is 0 Å². The molecule has 0 saturated heterocycles. The molecule has 1 amide bonds. The molecule has 0 saturated carbocycles. The van der Waals surface area contributed by atoms with Gasteiger partial charge < -0.3 is 19.2 Å². The number of hydrogen-bond donors (Lipinski definition) is 1. The van der Waals surface area contributed by atoms with Gasteiger partial charge in [0.05, 0.1) is 14.2 Å². The smallest absolute Gasteiger partial charge is 0.287 e. The van der Waals surface area contributed by atoms with E-state index in [1.165, 1.54) is 0 Å². The van der Waals surface area contributed by atoms with E-state index in [0.29, 0.717) is 35.8 Å². The van der Waals surface area contributed by atoms with Crippen LogP contribution in [0, 0.1) is 0 Å². The highest BCUT2D eigenvalue weighted by molar-refractivity contribution is 5.96. The first kappa shape index (κ1) is 15.9. The van der Waals surface area contributed by atoms with Gasteiger partial charge in [0.15, 0.2) is 17.3 Å². The van der Waals surface area contributed by atoms with Gasteiger partial charge in [0, 0.05) is 11.9 Å². The van der Waals surface area contributed by atoms with Gasteiger partial charge in [-0.05, 0) is 36.2 Å². The highest BCUT2D eigenvalue weighted by Gasteiger charge is 2.11. The minimum absolute atomic E-state index is 0.216. The van der Waals surface area contributed by atoms with Crippen LogP contribution in [-0.4, -0.2) is 26.7 Å². The largest absolute Gasteiger partial charge is 0.493 e. The predicted octanol–water partition coefficient (Wildman–Crippen LogP) is 3.42. The average Bonchev–Trinajstić information content (AvgIpc) is 3.05. The van der Waals surface area contributed by atoms with Crippen molar-refractivity contribution in [1.29, 1.82) is 0 Å². The number of benzene rings is 2. The Kier molecular flexibility index (Phi) is 4.70. The maximum absolute atomic E-state index is 12.2. The molecular formula is C19H19NO4. The van der Waals surface area contributed by atoms with E-state index in [0.717, 1.165) is 10.9 Å². The van der Waals surface area contributed by atoms with Gasteiger partial charge in [0.2, 0.25) is 0 Å². The molecule has 2 aromatic carbocycles. The number of hydrogen-bond acceptors (Lipinski definition) is 4. The highest BCUT2D eigenvalue weighted by Crippen LogP contribution is 2.27. The van der Waals surface area contributed by atoms with Crippen molar-refractivity contribution in [2.75, 3.05) is 20.8 Å². The van der Waals surface area contributed by atoms with Gasteiger partial charge in [0.1, 0.15) is 5.58 Å². The fourth-order valence-electron chi connectivity index (χ4n) is 2.54. The quantitative estimate of drug-likeness (QED) is 0.754. The van der Waals surface area contributed by atoms with Crippen LogP contribution in [0.1, 0.15) is 16.1 Å². The van der Waals surface area contributed by atoms with Crippen LogP contribution in [0.4, 0.5) is 0 Å². The second kappa shape index (κ2) is 7.08. The number of ether oxygens (including phenoxy) is 2. The SMILES string of the molecule is COc1ccc(CCNC(=O)c2cc3ccccc3o2)cc1OC. The molecule has 1 N–H and O–H groups in total. The summed E-state index contributed by atoms with van der Waals surface area (Å²) in [5.41, 5.74) is 1.76. The third kappa shape index (κ3) is 3.35. The summed E-state index contributed by atoms with van der Waals surface area (Å²) in [6.45, 7) is 0.505. The van der Waals surface area contributed by atoms with Crippen LogP contribution >= 0.6 is 0 Å². The Balaban J connectivity index is 1.60. The van der Waals surface area contributed by atoms with Crippen LogP contribution in [0.2, 0.25) is 0 Å². The van der Waals surface area contributed by atoms with Gasteiger partial charge in [0.25, 0.3) is 5.91 Å². The molecular weight excluding hydrogens is 306 g/mol. The van der Waals surface area contributed by atoms with Crippen molar-refractivity contribution in [2.45, 2.75) is 6.42 Å². The molecule has 0 radical (unpaired) electrons. The van der Waals surface area contributed by atoms with E-state index in [-0.39, 0.29) is 5.91 Å². The van der Waals surface area contributed by atoms with E-state index in [1.54, 1.807) is 20.3 Å². The third-order valence-corrected chi connectivity index (χ3v) is 3.80. The molecule has 5 heteroatoms. The first-order valence-electron chi connectivity index (χ1n) is 7.69. The molecule has 124 valence electrons. The summed E-state index contributed by atoms with van der Waals surface area (Å²) in [6.07, 6.45) is 0.687. The maximum atomic E-state index is 12.2. The molecule has 0 atom stereocenters. The molecule has 0 aliphatic heterocycles. The lowest BCUT2D eigenvalue weighted by Gasteiger charge is -2.09. The number of para-hydroxylation sites is 1. The number of amides is 1. The van der Waals surface area contributed by atoms with Gasteiger partial charge >= 0.3 is 0 Å². The van der Waals surface area contributed by atoms with E-state index in [4.69, 9.17) is 13.9 Å². The van der Waals surface area contributed by atoms with Crippen molar-refractivity contribution in [2.24, 2.45) is 0 Å². The van der Waals surface area contributed by atoms with Crippen molar-refractivity contribution in [1.82, 2.24) is 5.32 Å². The van der Waals surface area contributed by atoms with E-state index in [2.05, 4.69) is 5.32 Å². The van der Waals surface area contributed by atoms with Gasteiger partial charge in [-0.3, -0.25) is 4.79 Å². The number of fused-ring (bicyclic) bond motifs is 1. The van der Waals surface area contributed by atoms with Gasteiger partial charge in [-0.15, -0.1) is 0 Å². The van der Waals surface area contributed by atoms with Gasteiger partial charge in [-0.2, -0.15) is 0 Å². The Bertz CT molecular complexity index is 820. The molecule has 24 heavy (non-hydrogen) atoms. The van der Waals surface area contributed by atoms with E-state index in [9.17, 15) is 4.79 Å². The minimum Gasteiger partial charge on any atom is -0.493 e. The molecule has 5 nitrogen and oxygen atoms in total. The molecule has 1 heterocycles. The van der Waals surface area contributed by atoms with Crippen molar-refractivity contribution in [3.05, 3.63) is 59.9 Å². The number of methoxy groups -OCH3 is 2. The van der Waals surface area contributed by atoms with Crippen molar-refractivity contribution in [3.8, 4) is 11.5 Å². The van der Waals surface area contributed by atoms with Crippen LogP contribution in [0.15, 0.2) is 52.9 Å². The maximum Gasteiger partial charge on any atom is 0.287 e. The Morgan fingerprint density at radius 1 is 1.04 bits per heavy atom. The van der Waals surface area contributed by atoms with Crippen LogP contribution in [-0.2, 0) is 6.42 Å². The first-order chi connectivity index (χ1) is 11.7. The van der Waals surface area contributed by atoms with E-state index in [1.807, 2.05) is 42.5 Å². The number of carbonyl (C=O) groups is 1. The Hall–Kier alpha value is -2.95. The number of nitrogens with one attached hydrogen (secondary N) is 1. The lowest BCUT2D eigenvalue weighted by atomic mass is 10.1. The molecule has 0 spiro atoms. The van der Waals surface area contributed by atoms with E-state index >= 15 is 0 Å². The van der Waals surface area contributed by atoms with Crippen molar-refractivity contribution >= 4 is 16.9 Å². The standard InChI is InChI=1S/C19H19NO4/c1-22-16-8-7-13(11-17(16)23-2)9-10-20-19(21)18-12-14-5-3-4-6-15(14)24-18/h3-8,11-12H,9-10H2,1-2H3,(H,20,21). The third-order valence-electron chi connectivity index (χ3n) is 3.80. The zero-order chi connectivity index (χ0) is 16.9. The highest BCUT2D eigenvalue weighted by atomic mass is 16.5. The minimum atomic E-state index is -0.216. The van der Waals surface area contributed by atoms with Crippen LogP contribution in [0.5, 0.6) is 11.5 Å². The fourth-order valence-corrected chi connectivity index (χ4v) is 2.54. The summed E-state index contributed by atoms with van der Waals surface area (Å²) in [5.74, 6) is 1.47. The normalized spacial score (nSPS) is 10.6. The summed E-state index contributed by atoms with van der Waals surface area (Å²) in [5, 5.41) is 3.79. The molecule has 0 bridgehead atoms. The van der Waals surface area contributed by atoms with Crippen molar-refractivity contribution < 1.29 is 18.7 Å². The first-order valence-corrected chi connectivity index (χ1v) is 7.69. The summed E-state index contributed by atoms with van der Waals surface area (Å²) in [4.78, 5) is 12.2. The Labute approximate surface area is 140 Å². The number of furan rings is 1. The average molecular weight is 325 g/mol. The molecule has 0 aliphatic carbocycles. The number of rotatable bonds is 6. The zero-order valence-corrected chi connectivity index (χ0v) is 13.7. The molecule has 3 rings (SSSR count). The molecule has 0 unspecified atom stereocenters. The fraction of sp³-hybridized carbons (Fsp3) is 0.211. The molecule has 3 aromatic rings. The van der Waals surface area contributed by atoms with Crippen LogP contribution in [0.3, 0.4) is 0 Å². The summed E-state index contributed by atoms with van der Waals surface area (Å²) in [6, 6.07) is 15.0. The Morgan fingerprint density at radius 3 is 2.58 bits per heavy atom. The number of carbonyl (C=O) groups excluding carboxylic acids is 1. The van der Waals surface area contributed by atoms with Crippen LogP contribution in [0.25, 0.3) is 11.0 Å². The molecule has 1 aromatic heterocycles. The molecule has 0 fully saturated rings. The Morgan fingerprint density at radius 2 is 1.83 bits per heavy atom.